The Kier molecular flexibility index (Phi) is 15.4. The molecule has 16 heteroatoms. The van der Waals surface area contributed by atoms with Gasteiger partial charge in [0.15, 0.2) is 0 Å². The number of ether oxygens (including phenoxy) is 1. The molecule has 4 heterocycles. The highest BCUT2D eigenvalue weighted by Crippen LogP contribution is 2.38. The third-order valence-corrected chi connectivity index (χ3v) is 10.6. The third-order valence-electron chi connectivity index (χ3n) is 8.17. The van der Waals surface area contributed by atoms with Gasteiger partial charge in [-0.3, -0.25) is 14.4 Å². The van der Waals surface area contributed by atoms with E-state index in [0.29, 0.717) is 41.1 Å². The molecule has 0 saturated heterocycles. The van der Waals surface area contributed by atoms with Gasteiger partial charge in [0, 0.05) is 73.0 Å². The second-order valence-electron chi connectivity index (χ2n) is 14.6. The number of halogens is 2. The van der Waals surface area contributed by atoms with Crippen LogP contribution < -0.4 is 23.0 Å². The highest BCUT2D eigenvalue weighted by atomic mass is 35.5. The van der Waals surface area contributed by atoms with Crippen LogP contribution in [-0.2, 0) is 14.3 Å². The zero-order chi connectivity index (χ0) is 40.8. The first kappa shape index (κ1) is 45.6. The van der Waals surface area contributed by atoms with Crippen molar-refractivity contribution in [3.05, 3.63) is 93.3 Å². The second-order valence-corrected chi connectivity index (χ2v) is 17.4. The van der Waals surface area contributed by atoms with Gasteiger partial charge in [-0.25, -0.2) is 14.8 Å². The maximum Gasteiger partial charge on any atom is 0.414 e. The minimum Gasteiger partial charge on any atom is -1.00 e. The van der Waals surface area contributed by atoms with Crippen LogP contribution in [0.25, 0.3) is 32.3 Å². The maximum absolute atomic E-state index is 12.9. The molecule has 300 valence electrons. The fraction of sp³-hybridized carbons (Fsp3) is 0.350. The average molecular weight is 843 g/mol. The number of aromatic nitrogens is 2. The Labute approximate surface area is 347 Å². The lowest BCUT2D eigenvalue weighted by Crippen LogP contribution is -3.00. The topological polar surface area (TPSA) is 154 Å². The molecule has 4 aromatic rings. The molecule has 56 heavy (non-hydrogen) atoms. The number of carbonyl (C=O) groups is 4. The number of nitrogens with one attached hydrogen (secondary N) is 2. The zero-order valence-corrected chi connectivity index (χ0v) is 36.2. The van der Waals surface area contributed by atoms with Gasteiger partial charge in [0.1, 0.15) is 32.7 Å². The van der Waals surface area contributed by atoms with Crippen molar-refractivity contribution in [1.82, 2.24) is 30.4 Å². The van der Waals surface area contributed by atoms with Crippen LogP contribution in [0.5, 0.6) is 0 Å². The number of aryl methyl sites for hydroxylation is 2. The Morgan fingerprint density at radius 3 is 1.52 bits per heavy atom. The van der Waals surface area contributed by atoms with E-state index in [9.17, 15) is 24.3 Å². The van der Waals surface area contributed by atoms with E-state index in [0.717, 1.165) is 30.9 Å². The number of hydrogen-bond donors (Lipinski definition) is 3. The molecule has 0 saturated carbocycles. The van der Waals surface area contributed by atoms with Crippen LogP contribution in [-0.4, -0.2) is 87.4 Å². The Hall–Kier alpha value is -4.76. The minimum atomic E-state index is -0.510. The molecule has 2 aromatic heterocycles. The molecule has 0 fully saturated rings. The van der Waals surface area contributed by atoms with Gasteiger partial charge in [0.25, 0.3) is 11.8 Å². The number of amides is 4. The SMILES string of the molecule is CN(C)C(=O)Cl.Cc1sc(-c2ccccc2)nc1C1=C(O)CC(C)(C)NC1=O.Cc1sc(-c2ccccc2)nc1C1=C(OC(=O)N(C)C)CC(C)(C)NC1=O.[Cl-]. The molecule has 0 aliphatic carbocycles. The second kappa shape index (κ2) is 18.9. The number of hydrogen-bond acceptors (Lipinski definition) is 10. The number of nitrogens with zero attached hydrogens (tertiary/aromatic N) is 4. The van der Waals surface area contributed by atoms with Crippen LogP contribution in [0.3, 0.4) is 0 Å². The molecule has 6 rings (SSSR count). The van der Waals surface area contributed by atoms with Crippen molar-refractivity contribution in [3.63, 3.8) is 0 Å². The van der Waals surface area contributed by atoms with Crippen LogP contribution in [0.2, 0.25) is 0 Å². The van der Waals surface area contributed by atoms with E-state index in [1.165, 1.54) is 32.5 Å². The summed E-state index contributed by atoms with van der Waals surface area (Å²) in [5.74, 6) is -0.0696. The molecular weight excluding hydrogens is 796 g/mol. The summed E-state index contributed by atoms with van der Waals surface area (Å²) in [7, 11) is 6.40. The Balaban J connectivity index is 0.000000262. The molecule has 0 spiro atoms. The molecule has 0 radical (unpaired) electrons. The van der Waals surface area contributed by atoms with Crippen LogP contribution in [0.4, 0.5) is 9.59 Å². The summed E-state index contributed by atoms with van der Waals surface area (Å²) in [5.41, 5.74) is 2.84. The summed E-state index contributed by atoms with van der Waals surface area (Å²) in [5, 5.41) is 17.5. The van der Waals surface area contributed by atoms with E-state index in [1.54, 1.807) is 28.2 Å². The fourth-order valence-corrected chi connectivity index (χ4v) is 7.37. The van der Waals surface area contributed by atoms with Gasteiger partial charge >= 0.3 is 11.5 Å². The fourth-order valence-electron chi connectivity index (χ4n) is 5.52. The third kappa shape index (κ3) is 11.6. The lowest BCUT2D eigenvalue weighted by Gasteiger charge is -2.33. The highest BCUT2D eigenvalue weighted by Gasteiger charge is 2.37. The molecule has 0 bridgehead atoms. The number of aliphatic hydroxyl groups is 1. The monoisotopic (exact) mass is 841 g/mol. The van der Waals surface area contributed by atoms with E-state index in [2.05, 4.69) is 15.6 Å². The summed E-state index contributed by atoms with van der Waals surface area (Å²) in [4.78, 5) is 60.9. The molecule has 4 amide bonds. The first-order chi connectivity index (χ1) is 25.7. The van der Waals surface area contributed by atoms with Gasteiger partial charge in [0.05, 0.1) is 11.4 Å². The quantitative estimate of drug-likeness (QED) is 0.178. The summed E-state index contributed by atoms with van der Waals surface area (Å²) in [6.07, 6.45) is 0.306. The molecular formula is C40H47Cl2N6O6S2-. The maximum atomic E-state index is 12.9. The lowest BCUT2D eigenvalue weighted by atomic mass is 9.91. The largest absolute Gasteiger partial charge is 1.00 e. The van der Waals surface area contributed by atoms with Crippen LogP contribution in [0.1, 0.15) is 61.7 Å². The van der Waals surface area contributed by atoms with Gasteiger partial charge in [0.2, 0.25) is 0 Å². The van der Waals surface area contributed by atoms with E-state index in [4.69, 9.17) is 21.3 Å². The number of rotatable bonds is 5. The molecule has 12 nitrogen and oxygen atoms in total. The van der Waals surface area contributed by atoms with Crippen molar-refractivity contribution in [3.8, 4) is 21.1 Å². The van der Waals surface area contributed by atoms with Crippen molar-refractivity contribution in [2.24, 2.45) is 0 Å². The van der Waals surface area contributed by atoms with Crippen molar-refractivity contribution in [1.29, 1.82) is 0 Å². The molecule has 3 N–H and O–H groups in total. The van der Waals surface area contributed by atoms with Gasteiger partial charge in [-0.2, -0.15) is 0 Å². The number of aliphatic hydroxyl groups excluding tert-OH is 1. The number of benzene rings is 2. The Morgan fingerprint density at radius 1 is 0.732 bits per heavy atom. The smallest absolute Gasteiger partial charge is 0.414 e. The van der Waals surface area contributed by atoms with Crippen molar-refractivity contribution >= 4 is 68.7 Å². The Bertz CT molecular complexity index is 2130. The average Bonchev–Trinajstić information content (AvgIpc) is 3.66. The summed E-state index contributed by atoms with van der Waals surface area (Å²) < 4.78 is 5.57. The standard InChI is InChI=1S/C20H23N3O3S.C17H18N2O2S.C3H6ClNO.ClH/c1-12-16(21-18(27-12)13-9-7-6-8-10-13)15-14(26-19(25)23(4)5)11-20(2,3)22-17(15)24;1-10-14(13-12(20)9-17(2,3)19-15(13)21)18-16(22-10)11-7-5-4-6-8-11;1-5(2)3(4)6;/h6-10H,11H2,1-5H3,(H,22,24);4-8,20H,9H2,1-3H3,(H,19,21);1-2H3;1H/p-1. The van der Waals surface area contributed by atoms with Gasteiger partial charge in [-0.05, 0) is 53.1 Å². The number of carbonyl (C=O) groups excluding carboxylic acids is 4. The highest BCUT2D eigenvalue weighted by molar-refractivity contribution is 7.15. The number of thiazole rings is 2. The lowest BCUT2D eigenvalue weighted by molar-refractivity contribution is -0.118. The van der Waals surface area contributed by atoms with Gasteiger partial charge < -0.3 is 42.7 Å². The van der Waals surface area contributed by atoms with Crippen LogP contribution in [0, 0.1) is 13.8 Å². The first-order valence-electron chi connectivity index (χ1n) is 17.3. The first-order valence-corrected chi connectivity index (χ1v) is 19.3. The molecule has 2 aliphatic heterocycles. The zero-order valence-electron chi connectivity index (χ0n) is 33.0. The van der Waals surface area contributed by atoms with Crippen molar-refractivity contribution < 1.29 is 41.4 Å². The van der Waals surface area contributed by atoms with E-state index in [-0.39, 0.29) is 30.0 Å². The van der Waals surface area contributed by atoms with E-state index < -0.39 is 22.5 Å². The predicted molar refractivity (Wildman–Crippen MR) is 220 cm³/mol. The van der Waals surface area contributed by atoms with Crippen molar-refractivity contribution in [2.75, 3.05) is 28.2 Å². The predicted octanol–water partition coefficient (Wildman–Crippen LogP) is 5.42. The van der Waals surface area contributed by atoms with Crippen LogP contribution >= 0.6 is 34.3 Å². The molecule has 2 aliphatic rings. The summed E-state index contributed by atoms with van der Waals surface area (Å²) in [6.45, 7) is 11.4. The molecule has 2 aromatic carbocycles. The van der Waals surface area contributed by atoms with E-state index in [1.807, 2.05) is 102 Å². The summed E-state index contributed by atoms with van der Waals surface area (Å²) in [6, 6.07) is 19.6. The molecule has 0 unspecified atom stereocenters. The van der Waals surface area contributed by atoms with E-state index >= 15 is 0 Å². The minimum absolute atomic E-state index is 0. The Morgan fingerprint density at radius 2 is 1.12 bits per heavy atom. The van der Waals surface area contributed by atoms with Gasteiger partial charge in [-0.15, -0.1) is 22.7 Å². The normalized spacial score (nSPS) is 15.5. The van der Waals surface area contributed by atoms with Crippen LogP contribution in [0.15, 0.2) is 72.2 Å². The summed E-state index contributed by atoms with van der Waals surface area (Å²) >= 11 is 7.94. The van der Waals surface area contributed by atoms with Gasteiger partial charge in [-0.1, -0.05) is 60.7 Å². The van der Waals surface area contributed by atoms with Crippen molar-refractivity contribution in [2.45, 2.75) is 65.5 Å². The molecule has 0 atom stereocenters.